The van der Waals surface area contributed by atoms with Crippen LogP contribution in [0.15, 0.2) is 78.9 Å². The van der Waals surface area contributed by atoms with Crippen LogP contribution in [-0.2, 0) is 31.4 Å². The average molecular weight is 530 g/mol. The molecular weight excluding hydrogens is 502 g/mol. The number of nitrogens with zero attached hydrogens (tertiary/aromatic N) is 1. The van der Waals surface area contributed by atoms with Gasteiger partial charge in [0.1, 0.15) is 12.3 Å². The predicted octanol–water partition coefficient (Wildman–Crippen LogP) is 2.26. The summed E-state index contributed by atoms with van der Waals surface area (Å²) in [6.07, 6.45) is 0.933. The van der Waals surface area contributed by atoms with Gasteiger partial charge in [-0.25, -0.2) is 22.2 Å². The van der Waals surface area contributed by atoms with Gasteiger partial charge < -0.3 is 5.11 Å². The SMILES string of the molecule is O=C1CN(c2ccc(CCCNS(=O)(=O)CC(c3ccccc3)c3ccccc3)cc2O)S(=O)(=O)N1. The summed E-state index contributed by atoms with van der Waals surface area (Å²) in [5, 5.41) is 10.3. The van der Waals surface area contributed by atoms with Crippen molar-refractivity contribution in [3.8, 4) is 5.75 Å². The Balaban J connectivity index is 1.35. The van der Waals surface area contributed by atoms with E-state index in [4.69, 9.17) is 0 Å². The molecule has 0 unspecified atom stereocenters. The van der Waals surface area contributed by atoms with Crippen molar-refractivity contribution < 1.29 is 26.7 Å². The molecule has 190 valence electrons. The molecule has 0 aliphatic carbocycles. The van der Waals surface area contributed by atoms with Gasteiger partial charge in [0.2, 0.25) is 10.0 Å². The highest BCUT2D eigenvalue weighted by Crippen LogP contribution is 2.31. The Morgan fingerprint density at radius 3 is 2.11 bits per heavy atom. The van der Waals surface area contributed by atoms with Gasteiger partial charge in [-0.2, -0.15) is 8.42 Å². The minimum atomic E-state index is -4.02. The highest BCUT2D eigenvalue weighted by Gasteiger charge is 2.35. The summed E-state index contributed by atoms with van der Waals surface area (Å²) < 4.78 is 55.1. The van der Waals surface area contributed by atoms with Crippen LogP contribution in [0.25, 0.3) is 0 Å². The van der Waals surface area contributed by atoms with Gasteiger partial charge in [0.25, 0.3) is 5.91 Å². The van der Waals surface area contributed by atoms with Crippen molar-refractivity contribution in [3.05, 3.63) is 95.6 Å². The van der Waals surface area contributed by atoms with Gasteiger partial charge >= 0.3 is 10.2 Å². The van der Waals surface area contributed by atoms with Gasteiger partial charge in [0.15, 0.2) is 0 Å². The summed E-state index contributed by atoms with van der Waals surface area (Å²) in [6.45, 7) is -0.190. The Labute approximate surface area is 211 Å². The zero-order valence-electron chi connectivity index (χ0n) is 19.4. The van der Waals surface area contributed by atoms with Crippen molar-refractivity contribution in [3.63, 3.8) is 0 Å². The second-order valence-corrected chi connectivity index (χ2v) is 12.0. The van der Waals surface area contributed by atoms with Gasteiger partial charge in [-0.1, -0.05) is 66.7 Å². The van der Waals surface area contributed by atoms with E-state index in [1.807, 2.05) is 65.4 Å². The lowest BCUT2D eigenvalue weighted by Gasteiger charge is -2.19. The zero-order chi connectivity index (χ0) is 25.8. The number of benzene rings is 3. The number of phenolic OH excluding ortho intramolecular Hbond substituents is 1. The molecule has 1 aliphatic rings. The molecule has 0 bridgehead atoms. The first-order chi connectivity index (χ1) is 17.1. The number of aryl methyl sites for hydroxylation is 1. The van der Waals surface area contributed by atoms with Crippen molar-refractivity contribution in [2.45, 2.75) is 18.8 Å². The molecule has 36 heavy (non-hydrogen) atoms. The van der Waals surface area contributed by atoms with Crippen LogP contribution in [0, 0.1) is 0 Å². The molecule has 1 amide bonds. The number of sulfonamides is 1. The normalized spacial score (nSPS) is 15.2. The number of anilines is 1. The average Bonchev–Trinajstić information content (AvgIpc) is 3.13. The molecule has 11 heteroatoms. The molecule has 9 nitrogen and oxygen atoms in total. The molecule has 0 saturated carbocycles. The monoisotopic (exact) mass is 529 g/mol. The number of carbonyl (C=O) groups excluding carboxylic acids is 1. The molecule has 1 fully saturated rings. The number of hydrogen-bond acceptors (Lipinski definition) is 6. The van der Waals surface area contributed by atoms with E-state index in [0.717, 1.165) is 15.4 Å². The Bertz CT molecular complexity index is 1390. The van der Waals surface area contributed by atoms with Gasteiger partial charge in [-0.05, 0) is 41.7 Å². The van der Waals surface area contributed by atoms with Crippen molar-refractivity contribution in [1.29, 1.82) is 0 Å². The van der Waals surface area contributed by atoms with Gasteiger partial charge in [-0.15, -0.1) is 0 Å². The largest absolute Gasteiger partial charge is 0.506 e. The topological polar surface area (TPSA) is 133 Å². The highest BCUT2D eigenvalue weighted by molar-refractivity contribution is 7.92. The van der Waals surface area contributed by atoms with E-state index >= 15 is 0 Å². The number of carbonyl (C=O) groups is 1. The van der Waals surface area contributed by atoms with Crippen LogP contribution in [0.1, 0.15) is 29.0 Å². The number of phenols is 1. The quantitative estimate of drug-likeness (QED) is 0.345. The molecule has 3 N–H and O–H groups in total. The molecule has 0 spiro atoms. The van der Waals surface area contributed by atoms with E-state index < -0.39 is 32.7 Å². The van der Waals surface area contributed by atoms with E-state index in [1.165, 1.54) is 12.1 Å². The van der Waals surface area contributed by atoms with E-state index in [1.54, 1.807) is 6.07 Å². The summed E-state index contributed by atoms with van der Waals surface area (Å²) in [6, 6.07) is 23.5. The van der Waals surface area contributed by atoms with Gasteiger partial charge in [-0.3, -0.25) is 4.79 Å². The molecule has 4 rings (SSSR count). The third-order valence-corrected chi connectivity index (χ3v) is 8.69. The fraction of sp³-hybridized carbons (Fsp3) is 0.240. The van der Waals surface area contributed by atoms with Gasteiger partial charge in [0.05, 0.1) is 11.4 Å². The second kappa shape index (κ2) is 10.7. The Morgan fingerprint density at radius 1 is 0.972 bits per heavy atom. The summed E-state index contributed by atoms with van der Waals surface area (Å²) in [7, 11) is -7.60. The third kappa shape index (κ3) is 6.23. The third-order valence-electron chi connectivity index (χ3n) is 5.88. The lowest BCUT2D eigenvalue weighted by molar-refractivity contribution is -0.117. The molecule has 1 heterocycles. The molecule has 1 aliphatic heterocycles. The van der Waals surface area contributed by atoms with Crippen molar-refractivity contribution in [2.75, 3.05) is 23.1 Å². The van der Waals surface area contributed by atoms with Crippen molar-refractivity contribution >= 4 is 31.8 Å². The summed E-state index contributed by atoms with van der Waals surface area (Å²) >= 11 is 0. The maximum Gasteiger partial charge on any atom is 0.326 e. The van der Waals surface area contributed by atoms with E-state index in [0.29, 0.717) is 18.4 Å². The van der Waals surface area contributed by atoms with Crippen LogP contribution < -0.4 is 13.7 Å². The molecule has 3 aromatic rings. The highest BCUT2D eigenvalue weighted by atomic mass is 32.2. The Kier molecular flexibility index (Phi) is 7.62. The standard InChI is InChI=1S/C25H27N3O6S2/c29-24-16-19(13-14-23(24)28-17-25(30)27-36(28,33)34)8-7-15-26-35(31,32)18-22(20-9-3-1-4-10-20)21-11-5-2-6-12-21/h1-6,9-14,16,22,26,29H,7-8,15,17-18H2,(H,27,30). The number of amides is 1. The summed E-state index contributed by atoms with van der Waals surface area (Å²) in [5.41, 5.74) is 2.55. The van der Waals surface area contributed by atoms with Gasteiger partial charge in [0, 0.05) is 12.5 Å². The zero-order valence-corrected chi connectivity index (χ0v) is 21.0. The van der Waals surface area contributed by atoms with Crippen LogP contribution >= 0.6 is 0 Å². The van der Waals surface area contributed by atoms with Crippen LogP contribution in [0.4, 0.5) is 5.69 Å². The number of nitrogens with one attached hydrogen (secondary N) is 2. The van der Waals surface area contributed by atoms with Crippen LogP contribution in [0.5, 0.6) is 5.75 Å². The molecule has 0 atom stereocenters. The Morgan fingerprint density at radius 2 is 1.58 bits per heavy atom. The van der Waals surface area contributed by atoms with Crippen LogP contribution in [0.3, 0.4) is 0 Å². The van der Waals surface area contributed by atoms with Crippen molar-refractivity contribution in [2.24, 2.45) is 0 Å². The fourth-order valence-electron chi connectivity index (χ4n) is 4.15. The minimum Gasteiger partial charge on any atom is -0.506 e. The molecule has 0 aromatic heterocycles. The first-order valence-corrected chi connectivity index (χ1v) is 14.5. The summed E-state index contributed by atoms with van der Waals surface area (Å²) in [4.78, 5) is 11.4. The van der Waals surface area contributed by atoms with E-state index in [9.17, 15) is 26.7 Å². The predicted molar refractivity (Wildman–Crippen MR) is 137 cm³/mol. The maximum atomic E-state index is 12.9. The van der Waals surface area contributed by atoms with E-state index in [2.05, 4.69) is 4.72 Å². The first kappa shape index (κ1) is 25.7. The fourth-order valence-corrected chi connectivity index (χ4v) is 6.71. The van der Waals surface area contributed by atoms with Crippen LogP contribution in [-0.4, -0.2) is 46.7 Å². The maximum absolute atomic E-state index is 12.9. The molecule has 3 aromatic carbocycles. The molecule has 0 radical (unpaired) electrons. The first-order valence-electron chi connectivity index (χ1n) is 11.4. The Hall–Kier alpha value is -3.41. The second-order valence-electron chi connectivity index (χ2n) is 8.51. The number of aromatic hydroxyl groups is 1. The molecule has 1 saturated heterocycles. The van der Waals surface area contributed by atoms with E-state index in [-0.39, 0.29) is 29.7 Å². The minimum absolute atomic E-state index is 0.00525. The van der Waals surface area contributed by atoms with Crippen molar-refractivity contribution in [1.82, 2.24) is 9.44 Å². The number of rotatable bonds is 10. The van der Waals surface area contributed by atoms with Crippen LogP contribution in [0.2, 0.25) is 0 Å². The number of hydrogen-bond donors (Lipinski definition) is 3. The smallest absolute Gasteiger partial charge is 0.326 e. The summed E-state index contributed by atoms with van der Waals surface area (Å²) in [5.74, 6) is -1.35. The lowest BCUT2D eigenvalue weighted by atomic mass is 9.93. The lowest BCUT2D eigenvalue weighted by Crippen LogP contribution is -2.30. The molecular formula is C25H27N3O6S2.